The van der Waals surface area contributed by atoms with Gasteiger partial charge in [0.15, 0.2) is 5.66 Å². The Morgan fingerprint density at radius 2 is 2.11 bits per heavy atom. The molecule has 0 aromatic heterocycles. The zero-order chi connectivity index (χ0) is 7.49. The molecule has 1 unspecified atom stereocenters. The molecule has 0 aliphatic heterocycles. The lowest BCUT2D eigenvalue weighted by Crippen LogP contribution is -2.09. The Bertz CT molecular complexity index is 167. The fraction of sp³-hybridized carbons (Fsp3) is 0.667. The van der Waals surface area contributed by atoms with Crippen molar-refractivity contribution in [1.82, 2.24) is 0 Å². The summed E-state index contributed by atoms with van der Waals surface area (Å²) in [6, 6.07) is 1.28. The Balaban J connectivity index is 4.18. The quantitative estimate of drug-likeness (QED) is 0.441. The van der Waals surface area contributed by atoms with E-state index in [0.29, 0.717) is 0 Å². The lowest BCUT2D eigenvalue weighted by molar-refractivity contribution is 0.282. The molecule has 0 heterocycles. The van der Waals surface area contributed by atoms with Crippen LogP contribution in [0.3, 0.4) is 0 Å². The Morgan fingerprint density at radius 1 is 1.67 bits per heavy atom. The van der Waals surface area contributed by atoms with Gasteiger partial charge < -0.3 is 14.9 Å². The number of hydrogen-bond donors (Lipinski definition) is 3. The van der Waals surface area contributed by atoms with Gasteiger partial charge in [-0.1, -0.05) is 0 Å². The summed E-state index contributed by atoms with van der Waals surface area (Å²) in [5.74, 6) is 0. The minimum Gasteiger partial charge on any atom is -0.394 e. The normalized spacial score (nSPS) is 14.4. The number of nitrogens with zero attached hydrogens (tertiary/aromatic N) is 1. The second-order valence-electron chi connectivity index (χ2n) is 1.42. The maximum atomic E-state index is 10.1. The van der Waals surface area contributed by atoms with Gasteiger partial charge in [-0.3, -0.25) is 4.57 Å². The van der Waals surface area contributed by atoms with Gasteiger partial charge in [0.1, 0.15) is 0 Å². The molecule has 0 rings (SSSR count). The van der Waals surface area contributed by atoms with Crippen molar-refractivity contribution in [3.63, 3.8) is 0 Å². The van der Waals surface area contributed by atoms with Crippen molar-refractivity contribution < 1.29 is 19.5 Å². The lowest BCUT2D eigenvalue weighted by atomic mass is 10.5. The third kappa shape index (κ3) is 2.59. The molecule has 0 spiro atoms. The molecule has 0 aliphatic rings. The molecule has 9 heavy (non-hydrogen) atoms. The fourth-order valence-electron chi connectivity index (χ4n) is 0.222. The highest BCUT2D eigenvalue weighted by atomic mass is 31.2. The summed E-state index contributed by atoms with van der Waals surface area (Å²) >= 11 is 0. The van der Waals surface area contributed by atoms with Crippen molar-refractivity contribution in [3.8, 4) is 6.07 Å². The first kappa shape index (κ1) is 8.60. The highest BCUT2D eigenvalue weighted by Crippen LogP contribution is 2.40. The number of nitriles is 1. The van der Waals surface area contributed by atoms with Gasteiger partial charge in [0.05, 0.1) is 12.7 Å². The predicted molar refractivity (Wildman–Crippen MR) is 28.5 cm³/mol. The number of hydrogen-bond acceptors (Lipinski definition) is 3. The zero-order valence-corrected chi connectivity index (χ0v) is 5.32. The minimum atomic E-state index is -4.39. The smallest absolute Gasteiger partial charge is 0.344 e. The Kier molecular flexibility index (Phi) is 2.82. The first-order valence-corrected chi connectivity index (χ1v) is 3.76. The molecule has 0 aromatic carbocycles. The molecule has 52 valence electrons. The summed E-state index contributed by atoms with van der Waals surface area (Å²) in [5.41, 5.74) is -1.57. The monoisotopic (exact) mass is 151 g/mol. The Labute approximate surface area is 51.7 Å². The van der Waals surface area contributed by atoms with Crippen LogP contribution in [0.15, 0.2) is 0 Å². The van der Waals surface area contributed by atoms with E-state index in [1.165, 1.54) is 6.07 Å². The lowest BCUT2D eigenvalue weighted by Gasteiger charge is -2.05. The van der Waals surface area contributed by atoms with E-state index >= 15 is 0 Å². The summed E-state index contributed by atoms with van der Waals surface area (Å²) in [5, 5.41) is 16.1. The van der Waals surface area contributed by atoms with E-state index in [2.05, 4.69) is 0 Å². The van der Waals surface area contributed by atoms with Crippen molar-refractivity contribution in [2.24, 2.45) is 0 Å². The van der Waals surface area contributed by atoms with Crippen molar-refractivity contribution in [2.75, 3.05) is 6.61 Å². The van der Waals surface area contributed by atoms with Gasteiger partial charge in [0.2, 0.25) is 0 Å². The van der Waals surface area contributed by atoms with E-state index < -0.39 is 19.9 Å². The van der Waals surface area contributed by atoms with Crippen molar-refractivity contribution in [3.05, 3.63) is 0 Å². The van der Waals surface area contributed by atoms with Gasteiger partial charge >= 0.3 is 7.60 Å². The van der Waals surface area contributed by atoms with Crippen molar-refractivity contribution in [1.29, 1.82) is 5.26 Å². The summed E-state index contributed by atoms with van der Waals surface area (Å²) in [4.78, 5) is 16.4. The molecule has 0 saturated heterocycles. The molecule has 5 nitrogen and oxygen atoms in total. The van der Waals surface area contributed by atoms with E-state index in [4.69, 9.17) is 20.2 Å². The maximum absolute atomic E-state index is 10.1. The van der Waals surface area contributed by atoms with Gasteiger partial charge in [-0.05, 0) is 0 Å². The number of rotatable bonds is 2. The molecule has 0 amide bonds. The Morgan fingerprint density at radius 3 is 2.11 bits per heavy atom. The highest BCUT2D eigenvalue weighted by Gasteiger charge is 2.27. The highest BCUT2D eigenvalue weighted by molar-refractivity contribution is 7.52. The van der Waals surface area contributed by atoms with E-state index in [1.807, 2.05) is 0 Å². The van der Waals surface area contributed by atoms with E-state index in [9.17, 15) is 4.57 Å². The number of aliphatic hydroxyl groups excluding tert-OH is 1. The van der Waals surface area contributed by atoms with Gasteiger partial charge in [0.25, 0.3) is 0 Å². The second-order valence-corrected chi connectivity index (χ2v) is 3.22. The van der Waals surface area contributed by atoms with Crippen LogP contribution < -0.4 is 0 Å². The summed E-state index contributed by atoms with van der Waals surface area (Å²) in [6.45, 7) is -0.805. The molecule has 0 fully saturated rings. The summed E-state index contributed by atoms with van der Waals surface area (Å²) in [7, 11) is -4.39. The van der Waals surface area contributed by atoms with Crippen molar-refractivity contribution in [2.45, 2.75) is 5.66 Å². The van der Waals surface area contributed by atoms with Crippen LogP contribution in [0.1, 0.15) is 0 Å². The largest absolute Gasteiger partial charge is 0.394 e. The van der Waals surface area contributed by atoms with Crippen LogP contribution in [0.2, 0.25) is 0 Å². The fourth-order valence-corrected chi connectivity index (χ4v) is 0.586. The van der Waals surface area contributed by atoms with Gasteiger partial charge in [-0.2, -0.15) is 5.26 Å². The topological polar surface area (TPSA) is 102 Å². The summed E-state index contributed by atoms with van der Waals surface area (Å²) in [6.07, 6.45) is 0. The van der Waals surface area contributed by atoms with Crippen LogP contribution >= 0.6 is 7.60 Å². The molecular formula is C3H6NO4P. The summed E-state index contributed by atoms with van der Waals surface area (Å²) < 4.78 is 10.1. The van der Waals surface area contributed by atoms with E-state index in [0.717, 1.165) is 0 Å². The first-order valence-electron chi connectivity index (χ1n) is 2.08. The SMILES string of the molecule is N#CC(CO)P(=O)(O)O. The third-order valence-electron chi connectivity index (χ3n) is 0.728. The third-order valence-corrected chi connectivity index (χ3v) is 1.82. The number of aliphatic hydroxyl groups is 1. The molecule has 0 bridgehead atoms. The predicted octanol–water partition coefficient (Wildman–Crippen LogP) is -0.951. The van der Waals surface area contributed by atoms with Crippen LogP contribution in [0, 0.1) is 11.3 Å². The molecule has 0 aromatic rings. The van der Waals surface area contributed by atoms with Crippen LogP contribution in [-0.2, 0) is 4.57 Å². The molecule has 0 aliphatic carbocycles. The molecule has 0 radical (unpaired) electrons. The van der Waals surface area contributed by atoms with E-state index in [1.54, 1.807) is 0 Å². The van der Waals surface area contributed by atoms with Gasteiger partial charge in [-0.15, -0.1) is 0 Å². The van der Waals surface area contributed by atoms with Crippen LogP contribution in [0.5, 0.6) is 0 Å². The average molecular weight is 151 g/mol. The van der Waals surface area contributed by atoms with Crippen molar-refractivity contribution >= 4 is 7.60 Å². The first-order chi connectivity index (χ1) is 4.02. The van der Waals surface area contributed by atoms with Gasteiger partial charge in [0, 0.05) is 0 Å². The van der Waals surface area contributed by atoms with Crippen LogP contribution in [0.25, 0.3) is 0 Å². The molecule has 1 atom stereocenters. The minimum absolute atomic E-state index is 0.805. The van der Waals surface area contributed by atoms with Crippen LogP contribution in [-0.4, -0.2) is 27.2 Å². The van der Waals surface area contributed by atoms with Gasteiger partial charge in [-0.25, -0.2) is 0 Å². The molecule has 3 N–H and O–H groups in total. The Hall–Kier alpha value is -0.400. The van der Waals surface area contributed by atoms with Crippen LogP contribution in [0.4, 0.5) is 0 Å². The average Bonchev–Trinajstić information content (AvgIpc) is 1.65. The second kappa shape index (κ2) is 2.95. The molecular weight excluding hydrogens is 145 g/mol. The maximum Gasteiger partial charge on any atom is 0.344 e. The zero-order valence-electron chi connectivity index (χ0n) is 4.43. The molecule has 6 heteroatoms. The molecule has 0 saturated carbocycles. The van der Waals surface area contributed by atoms with E-state index in [-0.39, 0.29) is 0 Å². The standard InChI is InChI=1S/C3H6NO4P/c4-1-3(2-5)9(6,7)8/h3,5H,2H2,(H2,6,7,8).